The molecule has 0 fully saturated rings. The molecule has 0 aliphatic rings. The second-order valence-corrected chi connectivity index (χ2v) is 10.0. The smallest absolute Gasteiger partial charge is 0.0733 e. The van der Waals surface area contributed by atoms with Gasteiger partial charge in [0.15, 0.2) is 0 Å². The van der Waals surface area contributed by atoms with Gasteiger partial charge in [-0.2, -0.15) is 0 Å². The molecule has 0 amide bonds. The first-order valence-electron chi connectivity index (χ1n) is 9.44. The molecule has 2 N–H and O–H groups in total. The summed E-state index contributed by atoms with van der Waals surface area (Å²) in [5.41, 5.74) is 1.81. The van der Waals surface area contributed by atoms with Gasteiger partial charge in [0, 0.05) is 0 Å². The Morgan fingerprint density at radius 1 is 0.704 bits per heavy atom. The average molecular weight is 475 g/mol. The maximum atomic E-state index is 8.09. The number of benzene rings is 2. The Labute approximate surface area is 174 Å². The summed E-state index contributed by atoms with van der Waals surface area (Å²) in [4.78, 5) is 0. The van der Waals surface area contributed by atoms with Gasteiger partial charge < -0.3 is 10.4 Å². The monoisotopic (exact) mass is 476 g/mol. The van der Waals surface area contributed by atoms with Crippen LogP contribution in [0.15, 0.2) is 71.0 Å². The van der Waals surface area contributed by atoms with Gasteiger partial charge in [0.2, 0.25) is 0 Å². The first-order chi connectivity index (χ1) is 13.3. The van der Waals surface area contributed by atoms with E-state index >= 15 is 0 Å². The van der Waals surface area contributed by atoms with E-state index in [1.165, 1.54) is 38.1 Å². The normalized spacial score (nSPS) is 10.1. The molecule has 2 aromatic rings. The van der Waals surface area contributed by atoms with Crippen LogP contribution in [0.2, 0.25) is 8.87 Å². The molecule has 0 atom stereocenters. The summed E-state index contributed by atoms with van der Waals surface area (Å²) >= 11 is 0.149. The van der Waals surface area contributed by atoms with Crippen LogP contribution in [0.3, 0.4) is 0 Å². The first-order valence-corrected chi connectivity index (χ1v) is 13.5. The minimum Gasteiger partial charge on any atom is -0.411 e. The summed E-state index contributed by atoms with van der Waals surface area (Å²) in [6.07, 6.45) is 8.62. The van der Waals surface area contributed by atoms with Crippen molar-refractivity contribution >= 4 is 33.6 Å². The maximum Gasteiger partial charge on any atom is 0.0733 e. The third kappa shape index (κ3) is 17.4. The quantitative estimate of drug-likeness (QED) is 0.159. The molecule has 4 nitrogen and oxygen atoms in total. The summed E-state index contributed by atoms with van der Waals surface area (Å²) in [7, 11) is 0. The van der Waals surface area contributed by atoms with Crippen LogP contribution in [0, 0.1) is 0 Å². The molecule has 0 saturated carbocycles. The zero-order chi connectivity index (χ0) is 20.0. The van der Waals surface area contributed by atoms with Crippen LogP contribution in [-0.4, -0.2) is 44.0 Å². The maximum absolute atomic E-state index is 8.09. The number of hydrogen-bond donors (Lipinski definition) is 2. The molecular formula is C22H32N2O2Sn. The van der Waals surface area contributed by atoms with Crippen molar-refractivity contribution in [1.29, 1.82) is 0 Å². The third-order valence-corrected chi connectivity index (χ3v) is 7.46. The van der Waals surface area contributed by atoms with E-state index in [1.54, 1.807) is 8.87 Å². The SMILES string of the molecule is CCC[CH2][Sn][CH2]CCC.ON=Cc1ccccc1.ON=Cc1ccccc1. The van der Waals surface area contributed by atoms with Gasteiger partial charge in [-0.25, -0.2) is 0 Å². The van der Waals surface area contributed by atoms with E-state index in [-0.39, 0.29) is 21.1 Å². The number of nitrogens with zero attached hydrogens (tertiary/aromatic N) is 2. The number of rotatable bonds is 8. The van der Waals surface area contributed by atoms with E-state index in [0.29, 0.717) is 0 Å². The van der Waals surface area contributed by atoms with E-state index in [4.69, 9.17) is 10.4 Å². The second-order valence-electron chi connectivity index (χ2n) is 5.77. The zero-order valence-electron chi connectivity index (χ0n) is 16.5. The van der Waals surface area contributed by atoms with Crippen molar-refractivity contribution in [3.05, 3.63) is 71.8 Å². The molecule has 27 heavy (non-hydrogen) atoms. The molecule has 146 valence electrons. The molecule has 5 heteroatoms. The van der Waals surface area contributed by atoms with Gasteiger partial charge in [-0.15, -0.1) is 0 Å². The van der Waals surface area contributed by atoms with E-state index in [0.717, 1.165) is 11.1 Å². The molecule has 0 aliphatic carbocycles. The Morgan fingerprint density at radius 3 is 1.37 bits per heavy atom. The van der Waals surface area contributed by atoms with Crippen LogP contribution in [0.4, 0.5) is 0 Å². The Balaban J connectivity index is 0.000000376. The molecule has 0 saturated heterocycles. The third-order valence-electron chi connectivity index (χ3n) is 3.43. The fourth-order valence-electron chi connectivity index (χ4n) is 1.94. The van der Waals surface area contributed by atoms with Crippen LogP contribution < -0.4 is 0 Å². The molecular weight excluding hydrogens is 443 g/mol. The van der Waals surface area contributed by atoms with Crippen molar-refractivity contribution in [2.45, 2.75) is 48.4 Å². The van der Waals surface area contributed by atoms with Crippen molar-refractivity contribution < 1.29 is 10.4 Å². The van der Waals surface area contributed by atoms with Gasteiger partial charge in [-0.1, -0.05) is 71.0 Å². The minimum atomic E-state index is 0.149. The Kier molecular flexibility index (Phi) is 19.1. The summed E-state index contributed by atoms with van der Waals surface area (Å²) in [6, 6.07) is 18.8. The van der Waals surface area contributed by atoms with Gasteiger partial charge in [-0.05, 0) is 11.1 Å². The fourth-order valence-corrected chi connectivity index (χ4v) is 6.10. The van der Waals surface area contributed by atoms with Gasteiger partial charge in [0.1, 0.15) is 0 Å². The average Bonchev–Trinajstić information content (AvgIpc) is 2.71. The topological polar surface area (TPSA) is 65.2 Å². The summed E-state index contributed by atoms with van der Waals surface area (Å²) < 4.78 is 3.25. The molecule has 0 aliphatic heterocycles. The standard InChI is InChI=1S/2C7H7NO.2C4H9.Sn/c2*9-8-6-7-4-2-1-3-5-7;2*1-3-4-2;/h2*1-6,9H;2*1,3-4H2,2H3;. The first kappa shape index (κ1) is 25.2. The van der Waals surface area contributed by atoms with Gasteiger partial charge in [-0.3, -0.25) is 0 Å². The van der Waals surface area contributed by atoms with Gasteiger partial charge >= 0.3 is 69.5 Å². The molecule has 0 bridgehead atoms. The van der Waals surface area contributed by atoms with E-state index in [1.807, 2.05) is 60.7 Å². The van der Waals surface area contributed by atoms with Crippen LogP contribution >= 0.6 is 0 Å². The number of unbranched alkanes of at least 4 members (excludes halogenated alkanes) is 2. The Hall–Kier alpha value is -1.82. The fraction of sp³-hybridized carbons (Fsp3) is 0.364. The second kappa shape index (κ2) is 20.5. The van der Waals surface area contributed by atoms with Crippen LogP contribution in [0.25, 0.3) is 0 Å². The number of hydrogen-bond acceptors (Lipinski definition) is 4. The van der Waals surface area contributed by atoms with Crippen molar-refractivity contribution in [1.82, 2.24) is 0 Å². The zero-order valence-corrected chi connectivity index (χ0v) is 19.3. The van der Waals surface area contributed by atoms with Crippen molar-refractivity contribution in [3.63, 3.8) is 0 Å². The van der Waals surface area contributed by atoms with Crippen molar-refractivity contribution in [2.24, 2.45) is 10.3 Å². The molecule has 0 heterocycles. The summed E-state index contributed by atoms with van der Waals surface area (Å²) in [5.74, 6) is 0. The Bertz CT molecular complexity index is 536. The van der Waals surface area contributed by atoms with Crippen LogP contribution in [0.1, 0.15) is 50.7 Å². The minimum absolute atomic E-state index is 0.149. The summed E-state index contributed by atoms with van der Waals surface area (Å²) in [5, 5.41) is 21.9. The largest absolute Gasteiger partial charge is 0.411 e. The van der Waals surface area contributed by atoms with Gasteiger partial charge in [0.05, 0.1) is 12.4 Å². The van der Waals surface area contributed by atoms with Crippen LogP contribution in [0.5, 0.6) is 0 Å². The van der Waals surface area contributed by atoms with Crippen LogP contribution in [-0.2, 0) is 0 Å². The predicted octanol–water partition coefficient (Wildman–Crippen LogP) is 6.12. The number of oxime groups is 2. The molecule has 2 aromatic carbocycles. The Morgan fingerprint density at radius 2 is 1.07 bits per heavy atom. The molecule has 0 spiro atoms. The van der Waals surface area contributed by atoms with Gasteiger partial charge in [0.25, 0.3) is 0 Å². The molecule has 2 rings (SSSR count). The van der Waals surface area contributed by atoms with Crippen molar-refractivity contribution in [2.75, 3.05) is 0 Å². The van der Waals surface area contributed by atoms with E-state index < -0.39 is 0 Å². The van der Waals surface area contributed by atoms with E-state index in [9.17, 15) is 0 Å². The van der Waals surface area contributed by atoms with E-state index in [2.05, 4.69) is 24.2 Å². The molecule has 0 aromatic heterocycles. The summed E-state index contributed by atoms with van der Waals surface area (Å²) in [6.45, 7) is 4.58. The predicted molar refractivity (Wildman–Crippen MR) is 117 cm³/mol. The van der Waals surface area contributed by atoms with Crippen molar-refractivity contribution in [3.8, 4) is 0 Å². The molecule has 2 radical (unpaired) electrons. The molecule has 0 unspecified atom stereocenters.